The number of anilines is 1. The third kappa shape index (κ3) is 5.41. The van der Waals surface area contributed by atoms with Gasteiger partial charge in [0.25, 0.3) is 0 Å². The smallest absolute Gasteiger partial charge is 0.319 e. The Bertz CT molecular complexity index is 611. The van der Waals surface area contributed by atoms with Crippen molar-refractivity contribution in [2.24, 2.45) is 0 Å². The van der Waals surface area contributed by atoms with Gasteiger partial charge >= 0.3 is 6.03 Å². The van der Waals surface area contributed by atoms with Crippen molar-refractivity contribution in [3.05, 3.63) is 64.7 Å². The van der Waals surface area contributed by atoms with Crippen molar-refractivity contribution in [2.45, 2.75) is 32.7 Å². The molecular weight excluding hydrogens is 296 g/mol. The molecule has 2 aromatic carbocycles. The fourth-order valence-corrected chi connectivity index (χ4v) is 2.35. The molecule has 3 nitrogen and oxygen atoms in total. The zero-order valence-corrected chi connectivity index (χ0v) is 13.5. The van der Waals surface area contributed by atoms with E-state index in [1.54, 1.807) is 0 Å². The molecule has 0 spiro atoms. The number of urea groups is 1. The average Bonchev–Trinajstić information content (AvgIpc) is 2.52. The van der Waals surface area contributed by atoms with E-state index in [4.69, 9.17) is 11.6 Å². The second-order valence-corrected chi connectivity index (χ2v) is 5.67. The minimum absolute atomic E-state index is 0.221. The van der Waals surface area contributed by atoms with Crippen molar-refractivity contribution in [1.29, 1.82) is 0 Å². The van der Waals surface area contributed by atoms with Gasteiger partial charge in [-0.1, -0.05) is 49.2 Å². The Hall–Kier alpha value is -2.00. The van der Waals surface area contributed by atoms with Gasteiger partial charge in [0.15, 0.2) is 0 Å². The summed E-state index contributed by atoms with van der Waals surface area (Å²) in [5.74, 6) is 0. The molecule has 4 heteroatoms. The predicted molar refractivity (Wildman–Crippen MR) is 92.4 cm³/mol. The summed E-state index contributed by atoms with van der Waals surface area (Å²) in [6.07, 6.45) is 3.45. The van der Waals surface area contributed by atoms with E-state index in [0.29, 0.717) is 11.6 Å². The second kappa shape index (κ2) is 8.44. The number of carbonyl (C=O) groups is 1. The van der Waals surface area contributed by atoms with Crippen LogP contribution < -0.4 is 10.6 Å². The lowest BCUT2D eigenvalue weighted by Crippen LogP contribution is -2.28. The molecule has 0 saturated carbocycles. The SMILES string of the molecule is CCCCc1ccc(NC(=O)NCc2cccc(Cl)c2)cc1. The summed E-state index contributed by atoms with van der Waals surface area (Å²) >= 11 is 5.91. The highest BCUT2D eigenvalue weighted by atomic mass is 35.5. The molecular formula is C18H21ClN2O. The Balaban J connectivity index is 1.81. The van der Waals surface area contributed by atoms with Gasteiger partial charge in [0.1, 0.15) is 0 Å². The first-order chi connectivity index (χ1) is 10.7. The van der Waals surface area contributed by atoms with E-state index in [2.05, 4.69) is 29.7 Å². The lowest BCUT2D eigenvalue weighted by molar-refractivity contribution is 0.251. The number of rotatable bonds is 6. The molecule has 0 heterocycles. The van der Waals surface area contributed by atoms with E-state index in [1.165, 1.54) is 18.4 Å². The summed E-state index contributed by atoms with van der Waals surface area (Å²) < 4.78 is 0. The first-order valence-electron chi connectivity index (χ1n) is 7.55. The molecule has 116 valence electrons. The van der Waals surface area contributed by atoms with Gasteiger partial charge in [0.05, 0.1) is 0 Å². The van der Waals surface area contributed by atoms with E-state index in [1.807, 2.05) is 36.4 Å². The number of amides is 2. The molecule has 0 saturated heterocycles. The number of aryl methyl sites for hydroxylation is 1. The predicted octanol–water partition coefficient (Wildman–Crippen LogP) is 5.00. The van der Waals surface area contributed by atoms with Gasteiger partial charge in [-0.25, -0.2) is 4.79 Å². The molecule has 2 rings (SSSR count). The topological polar surface area (TPSA) is 41.1 Å². The quantitative estimate of drug-likeness (QED) is 0.773. The summed E-state index contributed by atoms with van der Waals surface area (Å²) in [7, 11) is 0. The molecule has 0 fully saturated rings. The number of hydrogen-bond acceptors (Lipinski definition) is 1. The van der Waals surface area contributed by atoms with Crippen molar-refractivity contribution in [3.63, 3.8) is 0 Å². The third-order valence-electron chi connectivity index (χ3n) is 3.37. The lowest BCUT2D eigenvalue weighted by atomic mass is 10.1. The Kier molecular flexibility index (Phi) is 6.28. The van der Waals surface area contributed by atoms with Crippen LogP contribution in [0.5, 0.6) is 0 Å². The molecule has 0 radical (unpaired) electrons. The Morgan fingerprint density at radius 1 is 1.09 bits per heavy atom. The lowest BCUT2D eigenvalue weighted by Gasteiger charge is -2.09. The first-order valence-corrected chi connectivity index (χ1v) is 7.93. The molecule has 0 unspecified atom stereocenters. The number of carbonyl (C=O) groups excluding carboxylic acids is 1. The van der Waals surface area contributed by atoms with Crippen LogP contribution in [-0.4, -0.2) is 6.03 Å². The van der Waals surface area contributed by atoms with Gasteiger partial charge in [0.2, 0.25) is 0 Å². The van der Waals surface area contributed by atoms with Crippen LogP contribution in [0.2, 0.25) is 5.02 Å². The molecule has 0 aliphatic heterocycles. The van der Waals surface area contributed by atoms with E-state index in [-0.39, 0.29) is 6.03 Å². The van der Waals surface area contributed by atoms with Gasteiger partial charge < -0.3 is 10.6 Å². The van der Waals surface area contributed by atoms with E-state index >= 15 is 0 Å². The molecule has 22 heavy (non-hydrogen) atoms. The maximum absolute atomic E-state index is 11.9. The second-order valence-electron chi connectivity index (χ2n) is 5.24. The minimum Gasteiger partial charge on any atom is -0.334 e. The highest BCUT2D eigenvalue weighted by Crippen LogP contribution is 2.12. The third-order valence-corrected chi connectivity index (χ3v) is 3.61. The molecule has 0 atom stereocenters. The van der Waals surface area contributed by atoms with Crippen LogP contribution in [0.15, 0.2) is 48.5 Å². The number of hydrogen-bond donors (Lipinski definition) is 2. The van der Waals surface area contributed by atoms with Gasteiger partial charge in [-0.05, 0) is 48.2 Å². The molecule has 0 aromatic heterocycles. The van der Waals surface area contributed by atoms with E-state index in [0.717, 1.165) is 17.7 Å². The van der Waals surface area contributed by atoms with Crippen LogP contribution in [0, 0.1) is 0 Å². The van der Waals surface area contributed by atoms with E-state index in [9.17, 15) is 4.79 Å². The normalized spacial score (nSPS) is 10.3. The zero-order valence-electron chi connectivity index (χ0n) is 12.7. The van der Waals surface area contributed by atoms with Gasteiger partial charge in [-0.3, -0.25) is 0 Å². The van der Waals surface area contributed by atoms with Crippen molar-refractivity contribution in [2.75, 3.05) is 5.32 Å². The van der Waals surface area contributed by atoms with Gasteiger partial charge in [0, 0.05) is 17.3 Å². The highest BCUT2D eigenvalue weighted by molar-refractivity contribution is 6.30. The Morgan fingerprint density at radius 2 is 1.86 bits per heavy atom. The van der Waals surface area contributed by atoms with Crippen molar-refractivity contribution < 1.29 is 4.79 Å². The molecule has 0 aliphatic rings. The summed E-state index contributed by atoms with van der Waals surface area (Å²) in [5.41, 5.74) is 3.06. The largest absolute Gasteiger partial charge is 0.334 e. The molecule has 0 bridgehead atoms. The molecule has 0 aliphatic carbocycles. The number of nitrogens with one attached hydrogen (secondary N) is 2. The molecule has 2 aromatic rings. The summed E-state index contributed by atoms with van der Waals surface area (Å²) in [6, 6.07) is 15.2. The van der Waals surface area contributed by atoms with Crippen LogP contribution in [0.4, 0.5) is 10.5 Å². The number of halogens is 1. The maximum atomic E-state index is 11.9. The van der Waals surface area contributed by atoms with Crippen molar-refractivity contribution >= 4 is 23.3 Å². The maximum Gasteiger partial charge on any atom is 0.319 e. The summed E-state index contributed by atoms with van der Waals surface area (Å²) in [6.45, 7) is 2.63. The fraction of sp³-hybridized carbons (Fsp3) is 0.278. The summed E-state index contributed by atoms with van der Waals surface area (Å²) in [4.78, 5) is 11.9. The molecule has 2 N–H and O–H groups in total. The highest BCUT2D eigenvalue weighted by Gasteiger charge is 2.02. The van der Waals surface area contributed by atoms with Crippen LogP contribution in [0.1, 0.15) is 30.9 Å². The van der Waals surface area contributed by atoms with Crippen LogP contribution in [-0.2, 0) is 13.0 Å². The summed E-state index contributed by atoms with van der Waals surface area (Å²) in [5, 5.41) is 6.31. The van der Waals surface area contributed by atoms with Gasteiger partial charge in [-0.2, -0.15) is 0 Å². The average molecular weight is 317 g/mol. The van der Waals surface area contributed by atoms with Gasteiger partial charge in [-0.15, -0.1) is 0 Å². The van der Waals surface area contributed by atoms with Crippen LogP contribution in [0.3, 0.4) is 0 Å². The first kappa shape index (κ1) is 16.4. The van der Waals surface area contributed by atoms with Crippen LogP contribution in [0.25, 0.3) is 0 Å². The zero-order chi connectivity index (χ0) is 15.8. The standard InChI is InChI=1S/C18H21ClN2O/c1-2-3-5-14-8-10-17(11-9-14)21-18(22)20-13-15-6-4-7-16(19)12-15/h4,6-12H,2-3,5,13H2,1H3,(H2,20,21,22). The van der Waals surface area contributed by atoms with Crippen LogP contribution >= 0.6 is 11.6 Å². The fourth-order valence-electron chi connectivity index (χ4n) is 2.14. The Morgan fingerprint density at radius 3 is 2.55 bits per heavy atom. The number of benzene rings is 2. The molecule has 2 amide bonds. The van der Waals surface area contributed by atoms with Crippen molar-refractivity contribution in [3.8, 4) is 0 Å². The van der Waals surface area contributed by atoms with Crippen molar-refractivity contribution in [1.82, 2.24) is 5.32 Å². The Labute approximate surface area is 136 Å². The minimum atomic E-state index is -0.221. The number of unbranched alkanes of at least 4 members (excludes halogenated alkanes) is 1. The monoisotopic (exact) mass is 316 g/mol. The van der Waals surface area contributed by atoms with E-state index < -0.39 is 0 Å².